The minimum atomic E-state index is -0.416. The topological polar surface area (TPSA) is 64.4 Å². The number of carbonyl (C=O) groups is 1. The van der Waals surface area contributed by atoms with Crippen molar-refractivity contribution in [3.63, 3.8) is 0 Å². The van der Waals surface area contributed by atoms with Crippen LogP contribution in [-0.4, -0.2) is 25.6 Å². The van der Waals surface area contributed by atoms with E-state index in [-0.39, 0.29) is 11.8 Å². The van der Waals surface area contributed by atoms with Crippen LogP contribution in [0, 0.1) is 5.92 Å². The molecule has 0 aliphatic rings. The predicted octanol–water partition coefficient (Wildman–Crippen LogP) is 1.73. The molecule has 0 bridgehead atoms. The van der Waals surface area contributed by atoms with Gasteiger partial charge in [0.1, 0.15) is 5.75 Å². The minimum absolute atomic E-state index is 0.0668. The van der Waals surface area contributed by atoms with Gasteiger partial charge in [0.25, 0.3) is 0 Å². The van der Waals surface area contributed by atoms with E-state index in [4.69, 9.17) is 10.5 Å². The van der Waals surface area contributed by atoms with Crippen LogP contribution in [0.5, 0.6) is 5.75 Å². The lowest BCUT2D eigenvalue weighted by Gasteiger charge is -2.17. The maximum absolute atomic E-state index is 11.8. The number of methoxy groups -OCH3 is 1. The Morgan fingerprint density at radius 2 is 2.00 bits per heavy atom. The van der Waals surface area contributed by atoms with Crippen LogP contribution in [0.25, 0.3) is 0 Å². The summed E-state index contributed by atoms with van der Waals surface area (Å²) in [4.78, 5) is 11.8. The maximum Gasteiger partial charge on any atom is 0.237 e. The van der Waals surface area contributed by atoms with Gasteiger partial charge in [-0.15, -0.1) is 0 Å². The van der Waals surface area contributed by atoms with Crippen LogP contribution in [0.2, 0.25) is 0 Å². The van der Waals surface area contributed by atoms with Crippen LogP contribution in [0.4, 0.5) is 0 Å². The molecular weight excluding hydrogens is 240 g/mol. The van der Waals surface area contributed by atoms with Gasteiger partial charge in [0.05, 0.1) is 13.2 Å². The van der Waals surface area contributed by atoms with Gasteiger partial charge < -0.3 is 15.8 Å². The van der Waals surface area contributed by atoms with Crippen LogP contribution >= 0.6 is 0 Å². The number of hydrogen-bond acceptors (Lipinski definition) is 3. The summed E-state index contributed by atoms with van der Waals surface area (Å²) in [6.07, 6.45) is 1.70. The lowest BCUT2D eigenvalue weighted by atomic mass is 9.99. The van der Waals surface area contributed by atoms with Gasteiger partial charge in [-0.2, -0.15) is 0 Å². The Labute approximate surface area is 115 Å². The molecule has 0 fully saturated rings. The number of benzene rings is 1. The van der Waals surface area contributed by atoms with Crippen molar-refractivity contribution in [2.24, 2.45) is 11.7 Å². The summed E-state index contributed by atoms with van der Waals surface area (Å²) in [6, 6.07) is 7.42. The molecule has 0 aromatic heterocycles. The average Bonchev–Trinajstić information content (AvgIpc) is 2.46. The maximum atomic E-state index is 11.8. The number of nitrogens with one attached hydrogen (secondary N) is 1. The molecule has 0 spiro atoms. The van der Waals surface area contributed by atoms with Crippen LogP contribution in [0.1, 0.15) is 25.8 Å². The van der Waals surface area contributed by atoms with E-state index in [1.54, 1.807) is 7.11 Å². The van der Waals surface area contributed by atoms with E-state index in [9.17, 15) is 4.79 Å². The number of ether oxygens (including phenoxy) is 1. The van der Waals surface area contributed by atoms with Crippen molar-refractivity contribution in [3.8, 4) is 5.75 Å². The van der Waals surface area contributed by atoms with E-state index < -0.39 is 6.04 Å². The summed E-state index contributed by atoms with van der Waals surface area (Å²) in [6.45, 7) is 4.64. The van der Waals surface area contributed by atoms with E-state index in [0.717, 1.165) is 18.6 Å². The van der Waals surface area contributed by atoms with Gasteiger partial charge in [-0.3, -0.25) is 4.79 Å². The fraction of sp³-hybridized carbons (Fsp3) is 0.533. The molecule has 0 aliphatic carbocycles. The molecule has 106 valence electrons. The van der Waals surface area contributed by atoms with E-state index in [0.29, 0.717) is 6.54 Å². The standard InChI is InChI=1S/C15H24N2O2/c1-4-11(2)14(16)15(18)17-10-9-12-5-7-13(19-3)8-6-12/h5-8,11,14H,4,9-10,16H2,1-3H3,(H,17,18)/t11?,14-/m0/s1. The van der Waals surface area contributed by atoms with Gasteiger partial charge in [-0.05, 0) is 30.0 Å². The normalized spacial score (nSPS) is 13.7. The van der Waals surface area contributed by atoms with Crippen molar-refractivity contribution in [3.05, 3.63) is 29.8 Å². The molecule has 2 atom stereocenters. The van der Waals surface area contributed by atoms with E-state index in [1.807, 2.05) is 38.1 Å². The largest absolute Gasteiger partial charge is 0.497 e. The fourth-order valence-corrected chi connectivity index (χ4v) is 1.75. The van der Waals surface area contributed by atoms with Crippen molar-refractivity contribution in [1.82, 2.24) is 5.32 Å². The first-order valence-corrected chi connectivity index (χ1v) is 6.74. The third-order valence-electron chi connectivity index (χ3n) is 3.43. The number of carbonyl (C=O) groups excluding carboxylic acids is 1. The first kappa shape index (κ1) is 15.5. The molecule has 4 nitrogen and oxygen atoms in total. The van der Waals surface area contributed by atoms with Crippen LogP contribution in [-0.2, 0) is 11.2 Å². The fourth-order valence-electron chi connectivity index (χ4n) is 1.75. The molecule has 1 unspecified atom stereocenters. The predicted molar refractivity (Wildman–Crippen MR) is 77.1 cm³/mol. The molecule has 1 aromatic carbocycles. The number of amides is 1. The SMILES string of the molecule is CCC(C)[C@H](N)C(=O)NCCc1ccc(OC)cc1. The number of rotatable bonds is 7. The van der Waals surface area contributed by atoms with E-state index in [1.165, 1.54) is 5.56 Å². The van der Waals surface area contributed by atoms with Gasteiger partial charge in [-0.25, -0.2) is 0 Å². The van der Waals surface area contributed by atoms with Crippen LogP contribution in [0.15, 0.2) is 24.3 Å². The lowest BCUT2D eigenvalue weighted by molar-refractivity contribution is -0.123. The summed E-state index contributed by atoms with van der Waals surface area (Å²) in [5.41, 5.74) is 7.03. The zero-order chi connectivity index (χ0) is 14.3. The first-order chi connectivity index (χ1) is 9.08. The Balaban J connectivity index is 2.35. The summed E-state index contributed by atoms with van der Waals surface area (Å²) >= 11 is 0. The highest BCUT2D eigenvalue weighted by molar-refractivity contribution is 5.81. The quantitative estimate of drug-likeness (QED) is 0.788. The Bertz CT molecular complexity index is 390. The van der Waals surface area contributed by atoms with Crippen molar-refractivity contribution in [2.45, 2.75) is 32.7 Å². The van der Waals surface area contributed by atoms with Crippen molar-refractivity contribution >= 4 is 5.91 Å². The molecule has 1 aromatic rings. The summed E-state index contributed by atoms with van der Waals surface area (Å²) in [7, 11) is 1.64. The molecule has 3 N–H and O–H groups in total. The van der Waals surface area contributed by atoms with Crippen LogP contribution in [0.3, 0.4) is 0 Å². The molecular formula is C15H24N2O2. The van der Waals surface area contributed by atoms with Crippen LogP contribution < -0.4 is 15.8 Å². The van der Waals surface area contributed by atoms with Crippen molar-refractivity contribution in [2.75, 3.05) is 13.7 Å². The second-order valence-corrected chi connectivity index (χ2v) is 4.80. The summed E-state index contributed by atoms with van der Waals surface area (Å²) in [5.74, 6) is 0.982. The first-order valence-electron chi connectivity index (χ1n) is 6.74. The molecule has 1 amide bonds. The highest BCUT2D eigenvalue weighted by atomic mass is 16.5. The molecule has 0 saturated carbocycles. The average molecular weight is 264 g/mol. The summed E-state index contributed by atoms with van der Waals surface area (Å²) in [5, 5.41) is 2.88. The minimum Gasteiger partial charge on any atom is -0.497 e. The molecule has 0 aliphatic heterocycles. The zero-order valence-electron chi connectivity index (χ0n) is 12.0. The highest BCUT2D eigenvalue weighted by Gasteiger charge is 2.18. The van der Waals surface area contributed by atoms with Gasteiger partial charge in [0, 0.05) is 6.54 Å². The summed E-state index contributed by atoms with van der Waals surface area (Å²) < 4.78 is 5.10. The van der Waals surface area contributed by atoms with E-state index >= 15 is 0 Å². The monoisotopic (exact) mass is 264 g/mol. The van der Waals surface area contributed by atoms with Crippen molar-refractivity contribution in [1.29, 1.82) is 0 Å². The molecule has 19 heavy (non-hydrogen) atoms. The Hall–Kier alpha value is -1.55. The number of hydrogen-bond donors (Lipinski definition) is 2. The van der Waals surface area contributed by atoms with E-state index in [2.05, 4.69) is 5.32 Å². The Kier molecular flexibility index (Phi) is 6.36. The van der Waals surface area contributed by atoms with Gasteiger partial charge >= 0.3 is 0 Å². The molecule has 0 radical (unpaired) electrons. The second-order valence-electron chi connectivity index (χ2n) is 4.80. The molecule has 0 saturated heterocycles. The third kappa shape index (κ3) is 4.91. The second kappa shape index (κ2) is 7.79. The Morgan fingerprint density at radius 3 is 2.53 bits per heavy atom. The van der Waals surface area contributed by atoms with Gasteiger partial charge in [0.15, 0.2) is 0 Å². The Morgan fingerprint density at radius 1 is 1.37 bits per heavy atom. The van der Waals surface area contributed by atoms with Gasteiger partial charge in [-0.1, -0.05) is 32.4 Å². The highest BCUT2D eigenvalue weighted by Crippen LogP contribution is 2.11. The molecule has 1 rings (SSSR count). The smallest absolute Gasteiger partial charge is 0.237 e. The molecule has 4 heteroatoms. The number of nitrogens with two attached hydrogens (primary N) is 1. The molecule has 0 heterocycles. The van der Waals surface area contributed by atoms with Crippen molar-refractivity contribution < 1.29 is 9.53 Å². The van der Waals surface area contributed by atoms with Gasteiger partial charge in [0.2, 0.25) is 5.91 Å². The lowest BCUT2D eigenvalue weighted by Crippen LogP contribution is -2.45. The zero-order valence-corrected chi connectivity index (χ0v) is 12.0. The third-order valence-corrected chi connectivity index (χ3v) is 3.43.